The normalized spacial score (nSPS) is 37.4. The Labute approximate surface area is 61.5 Å². The van der Waals surface area contributed by atoms with Gasteiger partial charge in [-0.25, -0.2) is 0 Å². The summed E-state index contributed by atoms with van der Waals surface area (Å²) < 4.78 is 0. The molecule has 0 radical (unpaired) electrons. The maximum Gasteiger partial charge on any atom is 0.0515 e. The highest BCUT2D eigenvalue weighted by Gasteiger charge is 2.39. The lowest BCUT2D eigenvalue weighted by atomic mass is 9.79. The van der Waals surface area contributed by atoms with Gasteiger partial charge in [0.2, 0.25) is 0 Å². The van der Waals surface area contributed by atoms with Crippen LogP contribution in [0, 0.1) is 16.7 Å². The highest BCUT2D eigenvalue weighted by atomic mass is 16.3. The van der Waals surface area contributed by atoms with Crippen LogP contribution in [0.25, 0.3) is 0 Å². The van der Waals surface area contributed by atoms with Gasteiger partial charge in [-0.15, -0.1) is 0 Å². The molecule has 1 atom stereocenters. The van der Waals surface area contributed by atoms with Gasteiger partial charge in [0.05, 0.1) is 6.07 Å². The van der Waals surface area contributed by atoms with Gasteiger partial charge in [0.15, 0.2) is 0 Å². The highest BCUT2D eigenvalue weighted by molar-refractivity contribution is 5.11. The highest BCUT2D eigenvalue weighted by Crippen LogP contribution is 2.43. The van der Waals surface area contributed by atoms with Crippen LogP contribution in [0.5, 0.6) is 0 Å². The molecule has 1 rings (SSSR count). The summed E-state index contributed by atoms with van der Waals surface area (Å²) in [6.45, 7) is 3.77. The van der Waals surface area contributed by atoms with Crippen molar-refractivity contribution < 1.29 is 5.11 Å². The van der Waals surface area contributed by atoms with Crippen LogP contribution in [0.1, 0.15) is 33.1 Å². The molecule has 1 aliphatic carbocycles. The van der Waals surface area contributed by atoms with Crippen LogP contribution in [-0.2, 0) is 0 Å². The molecule has 2 heteroatoms. The number of hydrogen-bond acceptors (Lipinski definition) is 2. The maximum atomic E-state index is 11.6. The summed E-state index contributed by atoms with van der Waals surface area (Å²) >= 11 is 0. The fourth-order valence-electron chi connectivity index (χ4n) is 1.53. The van der Waals surface area contributed by atoms with E-state index in [0.717, 1.165) is 12.8 Å². The van der Waals surface area contributed by atoms with Gasteiger partial charge in [0.1, 0.15) is 0 Å². The molecule has 0 aromatic rings. The smallest absolute Gasteiger partial charge is 0.0515 e. The summed E-state index contributed by atoms with van der Waals surface area (Å²) in [5.74, 6) is 0. The zero-order valence-electron chi connectivity index (χ0n) is 6.48. The van der Waals surface area contributed by atoms with Crippen molar-refractivity contribution in [2.75, 3.05) is 0 Å². The minimum atomic E-state index is -1.31. The van der Waals surface area contributed by atoms with Crippen molar-refractivity contribution in [3.8, 4) is 6.07 Å². The number of hydrogen-bond donors (Lipinski definition) is 0. The van der Waals surface area contributed by atoms with Crippen molar-refractivity contribution in [2.24, 2.45) is 5.41 Å². The molecule has 0 aliphatic heterocycles. The van der Waals surface area contributed by atoms with Crippen LogP contribution in [0.2, 0.25) is 0 Å². The number of rotatable bonds is 0. The second kappa shape index (κ2) is 1.96. The molecule has 56 valence electrons. The van der Waals surface area contributed by atoms with Crippen molar-refractivity contribution >= 4 is 0 Å². The van der Waals surface area contributed by atoms with Crippen molar-refractivity contribution in [2.45, 2.75) is 38.7 Å². The third-order valence-corrected chi connectivity index (χ3v) is 2.60. The van der Waals surface area contributed by atoms with Gasteiger partial charge >= 0.3 is 0 Å². The van der Waals surface area contributed by atoms with Crippen molar-refractivity contribution in [1.29, 1.82) is 5.26 Å². The zero-order valence-corrected chi connectivity index (χ0v) is 6.48. The quantitative estimate of drug-likeness (QED) is 0.497. The van der Waals surface area contributed by atoms with E-state index < -0.39 is 5.60 Å². The molecule has 1 aliphatic rings. The predicted octanol–water partition coefficient (Wildman–Crippen LogP) is 0.819. The van der Waals surface area contributed by atoms with Gasteiger partial charge in [0, 0.05) is 0 Å². The summed E-state index contributed by atoms with van der Waals surface area (Å²) in [7, 11) is 0. The second-order valence-electron chi connectivity index (χ2n) is 3.68. The molecule has 1 saturated carbocycles. The Bertz CT molecular complexity index is 180. The summed E-state index contributed by atoms with van der Waals surface area (Å²) in [5.41, 5.74) is -1.63. The molecule has 0 aromatic carbocycles. The summed E-state index contributed by atoms with van der Waals surface area (Å²) in [5, 5.41) is 20.2. The topological polar surface area (TPSA) is 46.8 Å². The van der Waals surface area contributed by atoms with Crippen molar-refractivity contribution in [3.63, 3.8) is 0 Å². The van der Waals surface area contributed by atoms with Crippen LogP contribution >= 0.6 is 0 Å². The first-order valence-corrected chi connectivity index (χ1v) is 3.63. The van der Waals surface area contributed by atoms with Gasteiger partial charge in [0.25, 0.3) is 0 Å². The van der Waals surface area contributed by atoms with E-state index in [4.69, 9.17) is 5.26 Å². The Kier molecular flexibility index (Phi) is 1.48. The van der Waals surface area contributed by atoms with Crippen LogP contribution in [-0.4, -0.2) is 5.60 Å². The summed E-state index contributed by atoms with van der Waals surface area (Å²) in [4.78, 5) is 0. The van der Waals surface area contributed by atoms with E-state index in [1.54, 1.807) is 0 Å². The molecule has 0 aromatic heterocycles. The molecule has 0 N–H and O–H groups in total. The van der Waals surface area contributed by atoms with E-state index in [1.165, 1.54) is 0 Å². The number of nitriles is 1. The zero-order chi connectivity index (χ0) is 7.83. The molecule has 0 saturated heterocycles. The lowest BCUT2D eigenvalue weighted by Crippen LogP contribution is -2.50. The van der Waals surface area contributed by atoms with Gasteiger partial charge in [-0.05, 0) is 23.9 Å². The molecular formula is C8H12NO-. The molecule has 0 amide bonds. The van der Waals surface area contributed by atoms with Gasteiger partial charge in [-0.1, -0.05) is 20.3 Å². The van der Waals surface area contributed by atoms with Crippen molar-refractivity contribution in [1.82, 2.24) is 0 Å². The minimum Gasteiger partial charge on any atom is -0.838 e. The van der Waals surface area contributed by atoms with Gasteiger partial charge < -0.3 is 5.11 Å². The van der Waals surface area contributed by atoms with Crippen molar-refractivity contribution in [3.05, 3.63) is 0 Å². The Hall–Kier alpha value is -0.550. The van der Waals surface area contributed by atoms with Crippen LogP contribution in [0.4, 0.5) is 0 Å². The Morgan fingerprint density at radius 1 is 1.40 bits per heavy atom. The molecule has 2 nitrogen and oxygen atoms in total. The molecule has 1 fully saturated rings. The molecule has 0 heterocycles. The van der Waals surface area contributed by atoms with E-state index in [2.05, 4.69) is 0 Å². The third kappa shape index (κ3) is 0.819. The first-order chi connectivity index (χ1) is 4.52. The van der Waals surface area contributed by atoms with E-state index in [9.17, 15) is 5.11 Å². The summed E-state index contributed by atoms with van der Waals surface area (Å²) in [6, 6.07) is 1.88. The molecule has 0 bridgehead atoms. The van der Waals surface area contributed by atoms with E-state index in [0.29, 0.717) is 6.42 Å². The Balaban J connectivity index is 2.89. The van der Waals surface area contributed by atoms with Crippen LogP contribution < -0.4 is 5.11 Å². The Morgan fingerprint density at radius 3 is 2.20 bits per heavy atom. The van der Waals surface area contributed by atoms with E-state index in [1.807, 2.05) is 19.9 Å². The summed E-state index contributed by atoms with van der Waals surface area (Å²) in [6.07, 6.45) is 2.32. The third-order valence-electron chi connectivity index (χ3n) is 2.60. The average Bonchev–Trinajstić information content (AvgIpc) is 2.10. The number of nitrogens with zero attached hydrogens (tertiary/aromatic N) is 1. The molecular weight excluding hydrogens is 126 g/mol. The standard InChI is InChI=1S/C8H12NO/c1-7(2)4-3-5-8(7,10)6-9/h3-5H2,1-2H3/q-1/t8-/m0/s1. The predicted molar refractivity (Wildman–Crippen MR) is 36.0 cm³/mol. The first kappa shape index (κ1) is 7.56. The minimum absolute atomic E-state index is 0.318. The largest absolute Gasteiger partial charge is 0.838 e. The fraction of sp³-hybridized carbons (Fsp3) is 0.875. The maximum absolute atomic E-state index is 11.6. The fourth-order valence-corrected chi connectivity index (χ4v) is 1.53. The van der Waals surface area contributed by atoms with Crippen LogP contribution in [0.3, 0.4) is 0 Å². The monoisotopic (exact) mass is 138 g/mol. The average molecular weight is 138 g/mol. The second-order valence-corrected chi connectivity index (χ2v) is 3.68. The van der Waals surface area contributed by atoms with E-state index >= 15 is 0 Å². The van der Waals surface area contributed by atoms with Gasteiger partial charge in [-0.3, -0.25) is 0 Å². The lowest BCUT2D eigenvalue weighted by Gasteiger charge is -2.41. The van der Waals surface area contributed by atoms with Gasteiger partial charge in [-0.2, -0.15) is 5.26 Å². The first-order valence-electron chi connectivity index (χ1n) is 3.63. The molecule has 0 unspecified atom stereocenters. The Morgan fingerprint density at radius 2 is 2.00 bits per heavy atom. The lowest BCUT2D eigenvalue weighted by molar-refractivity contribution is -0.476. The SMILES string of the molecule is CC1(C)CCC[C@]1([O-])C#N. The van der Waals surface area contributed by atoms with Crippen LogP contribution in [0.15, 0.2) is 0 Å². The van der Waals surface area contributed by atoms with E-state index in [-0.39, 0.29) is 5.41 Å². The molecule has 10 heavy (non-hydrogen) atoms. The molecule has 0 spiro atoms.